The molecular formula is C11H10F3N3. The number of aryl methyl sites for hydroxylation is 1. The van der Waals surface area contributed by atoms with Gasteiger partial charge in [-0.25, -0.2) is 18.2 Å². The van der Waals surface area contributed by atoms with Gasteiger partial charge in [0.15, 0.2) is 11.6 Å². The van der Waals surface area contributed by atoms with Gasteiger partial charge in [-0.05, 0) is 6.92 Å². The zero-order chi connectivity index (χ0) is 12.6. The van der Waals surface area contributed by atoms with Crippen molar-refractivity contribution in [3.63, 3.8) is 0 Å². The Kier molecular flexibility index (Phi) is 2.79. The van der Waals surface area contributed by atoms with E-state index in [9.17, 15) is 13.2 Å². The van der Waals surface area contributed by atoms with Gasteiger partial charge in [0.1, 0.15) is 5.82 Å². The van der Waals surface area contributed by atoms with Crippen LogP contribution >= 0.6 is 0 Å². The molecule has 1 heterocycles. The number of benzene rings is 1. The smallest absolute Gasteiger partial charge is 0.207 e. The second-order valence-electron chi connectivity index (χ2n) is 3.55. The number of hydrogen-bond donors (Lipinski definition) is 1. The van der Waals surface area contributed by atoms with Crippen LogP contribution in [0.25, 0.3) is 5.69 Å². The van der Waals surface area contributed by atoms with E-state index in [1.165, 1.54) is 10.8 Å². The number of nitrogens with zero attached hydrogens (tertiary/aromatic N) is 2. The minimum Gasteiger partial charge on any atom is -0.358 e. The van der Waals surface area contributed by atoms with Crippen LogP contribution in [-0.4, -0.2) is 16.6 Å². The van der Waals surface area contributed by atoms with Crippen LogP contribution < -0.4 is 5.32 Å². The maximum absolute atomic E-state index is 13.6. The highest BCUT2D eigenvalue weighted by molar-refractivity contribution is 5.44. The van der Waals surface area contributed by atoms with E-state index in [0.29, 0.717) is 17.7 Å². The lowest BCUT2D eigenvalue weighted by Gasteiger charge is -2.08. The molecule has 1 N–H and O–H groups in total. The van der Waals surface area contributed by atoms with Gasteiger partial charge >= 0.3 is 0 Å². The van der Waals surface area contributed by atoms with Crippen LogP contribution in [0.2, 0.25) is 0 Å². The molecule has 0 amide bonds. The minimum atomic E-state index is -1.23. The van der Waals surface area contributed by atoms with E-state index in [1.807, 2.05) is 0 Å². The van der Waals surface area contributed by atoms with Crippen molar-refractivity contribution >= 4 is 5.95 Å². The number of aromatic nitrogens is 2. The van der Waals surface area contributed by atoms with E-state index in [4.69, 9.17) is 0 Å². The summed E-state index contributed by atoms with van der Waals surface area (Å²) in [7, 11) is 1.59. The van der Waals surface area contributed by atoms with Gasteiger partial charge in [-0.3, -0.25) is 4.57 Å². The van der Waals surface area contributed by atoms with Gasteiger partial charge in [-0.15, -0.1) is 0 Å². The van der Waals surface area contributed by atoms with E-state index in [0.717, 1.165) is 6.07 Å². The van der Waals surface area contributed by atoms with Crippen molar-refractivity contribution in [1.82, 2.24) is 9.55 Å². The highest BCUT2D eigenvalue weighted by atomic mass is 19.2. The first kappa shape index (κ1) is 11.5. The van der Waals surface area contributed by atoms with Crippen molar-refractivity contribution in [3.8, 4) is 5.69 Å². The fourth-order valence-corrected chi connectivity index (χ4v) is 1.58. The van der Waals surface area contributed by atoms with E-state index in [1.54, 1.807) is 14.0 Å². The summed E-state index contributed by atoms with van der Waals surface area (Å²) in [6.45, 7) is 1.70. The maximum Gasteiger partial charge on any atom is 0.207 e. The molecule has 0 saturated carbocycles. The van der Waals surface area contributed by atoms with Gasteiger partial charge in [0.25, 0.3) is 0 Å². The Bertz CT molecular complexity index is 563. The number of imidazole rings is 1. The Morgan fingerprint density at radius 1 is 1.24 bits per heavy atom. The molecule has 17 heavy (non-hydrogen) atoms. The summed E-state index contributed by atoms with van der Waals surface area (Å²) in [5, 5.41) is 2.72. The average Bonchev–Trinajstić information content (AvgIpc) is 2.64. The summed E-state index contributed by atoms with van der Waals surface area (Å²) in [5.41, 5.74) is 0.394. The molecule has 0 fully saturated rings. The Morgan fingerprint density at radius 2 is 1.94 bits per heavy atom. The fraction of sp³-hybridized carbons (Fsp3) is 0.182. The van der Waals surface area contributed by atoms with Gasteiger partial charge in [-0.2, -0.15) is 0 Å². The second-order valence-corrected chi connectivity index (χ2v) is 3.55. The highest BCUT2D eigenvalue weighted by Gasteiger charge is 2.15. The van der Waals surface area contributed by atoms with E-state index in [-0.39, 0.29) is 5.69 Å². The third-order valence-corrected chi connectivity index (χ3v) is 2.28. The van der Waals surface area contributed by atoms with Crippen LogP contribution in [0.15, 0.2) is 18.3 Å². The molecule has 0 aliphatic carbocycles. The largest absolute Gasteiger partial charge is 0.358 e. The molecular weight excluding hydrogens is 231 g/mol. The van der Waals surface area contributed by atoms with Crippen LogP contribution in [0.4, 0.5) is 19.1 Å². The number of nitrogens with one attached hydrogen (secondary N) is 1. The molecule has 0 spiro atoms. The summed E-state index contributed by atoms with van der Waals surface area (Å²) in [6, 6.07) is 1.42. The molecule has 2 rings (SSSR count). The summed E-state index contributed by atoms with van der Waals surface area (Å²) in [6.07, 6.45) is 1.49. The van der Waals surface area contributed by atoms with Crippen LogP contribution in [0, 0.1) is 24.4 Å². The van der Waals surface area contributed by atoms with Crippen LogP contribution in [0.1, 0.15) is 5.69 Å². The molecule has 0 atom stereocenters. The normalized spacial score (nSPS) is 10.6. The molecule has 2 aromatic rings. The summed E-state index contributed by atoms with van der Waals surface area (Å²) >= 11 is 0. The predicted octanol–water partition coefficient (Wildman–Crippen LogP) is 2.64. The van der Waals surface area contributed by atoms with Crippen molar-refractivity contribution in [2.45, 2.75) is 6.92 Å². The molecule has 1 aromatic heterocycles. The predicted molar refractivity (Wildman–Crippen MR) is 57.7 cm³/mol. The minimum absolute atomic E-state index is 0.215. The molecule has 0 aliphatic rings. The molecule has 6 heteroatoms. The third kappa shape index (κ3) is 1.98. The zero-order valence-corrected chi connectivity index (χ0v) is 9.26. The molecule has 1 aromatic carbocycles. The first-order valence-corrected chi connectivity index (χ1v) is 4.91. The molecule has 0 aliphatic heterocycles. The lowest BCUT2D eigenvalue weighted by Crippen LogP contribution is -2.04. The van der Waals surface area contributed by atoms with Crippen molar-refractivity contribution in [2.75, 3.05) is 12.4 Å². The van der Waals surface area contributed by atoms with Crippen LogP contribution in [0.3, 0.4) is 0 Å². The second kappa shape index (κ2) is 4.12. The van der Waals surface area contributed by atoms with Crippen LogP contribution in [-0.2, 0) is 0 Å². The number of halogens is 3. The Labute approximate surface area is 95.9 Å². The first-order chi connectivity index (χ1) is 8.02. The van der Waals surface area contributed by atoms with Crippen molar-refractivity contribution in [2.24, 2.45) is 0 Å². The third-order valence-electron chi connectivity index (χ3n) is 2.28. The Hall–Kier alpha value is -1.98. The standard InChI is InChI=1S/C11H10F3N3/c1-6-5-17(11(15-2)16-6)9-4-7(12)3-8(13)10(9)14/h3-5H,1-2H3,(H,15,16). The fourth-order valence-electron chi connectivity index (χ4n) is 1.58. The van der Waals surface area contributed by atoms with Gasteiger partial charge in [0, 0.05) is 25.4 Å². The molecule has 0 saturated heterocycles. The van der Waals surface area contributed by atoms with Crippen molar-refractivity contribution in [1.29, 1.82) is 0 Å². The van der Waals surface area contributed by atoms with Crippen LogP contribution in [0.5, 0.6) is 0 Å². The van der Waals surface area contributed by atoms with Gasteiger partial charge in [0.2, 0.25) is 5.95 Å². The lowest BCUT2D eigenvalue weighted by molar-refractivity contribution is 0.491. The van der Waals surface area contributed by atoms with Gasteiger partial charge in [0.05, 0.1) is 11.4 Å². The average molecular weight is 241 g/mol. The molecule has 3 nitrogen and oxygen atoms in total. The van der Waals surface area contributed by atoms with E-state index < -0.39 is 17.5 Å². The summed E-state index contributed by atoms with van der Waals surface area (Å²) < 4.78 is 41.0. The Balaban J connectivity index is 2.67. The number of anilines is 1. The van der Waals surface area contributed by atoms with E-state index >= 15 is 0 Å². The lowest BCUT2D eigenvalue weighted by atomic mass is 10.3. The molecule has 0 unspecified atom stereocenters. The maximum atomic E-state index is 13.6. The zero-order valence-electron chi connectivity index (χ0n) is 9.26. The van der Waals surface area contributed by atoms with Gasteiger partial charge in [-0.1, -0.05) is 0 Å². The summed E-state index contributed by atoms with van der Waals surface area (Å²) in [5.74, 6) is -2.87. The Morgan fingerprint density at radius 3 is 2.59 bits per heavy atom. The number of rotatable bonds is 2. The molecule has 90 valence electrons. The van der Waals surface area contributed by atoms with Gasteiger partial charge < -0.3 is 5.32 Å². The quantitative estimate of drug-likeness (QED) is 0.819. The summed E-state index contributed by atoms with van der Waals surface area (Å²) in [4.78, 5) is 4.05. The van der Waals surface area contributed by atoms with Crippen molar-refractivity contribution < 1.29 is 13.2 Å². The molecule has 0 bridgehead atoms. The SMILES string of the molecule is CNc1nc(C)cn1-c1cc(F)cc(F)c1F. The topological polar surface area (TPSA) is 29.9 Å². The highest BCUT2D eigenvalue weighted by Crippen LogP contribution is 2.22. The van der Waals surface area contributed by atoms with Crippen molar-refractivity contribution in [3.05, 3.63) is 41.5 Å². The molecule has 0 radical (unpaired) electrons. The van der Waals surface area contributed by atoms with E-state index in [2.05, 4.69) is 10.3 Å². The first-order valence-electron chi connectivity index (χ1n) is 4.91. The number of hydrogen-bond acceptors (Lipinski definition) is 2. The monoisotopic (exact) mass is 241 g/mol.